The third kappa shape index (κ3) is 2.10. The zero-order valence-electron chi connectivity index (χ0n) is 6.51. The molecule has 0 unspecified atom stereocenters. The van der Waals surface area contributed by atoms with Crippen molar-refractivity contribution in [2.24, 2.45) is 0 Å². The number of hydrogen-bond acceptors (Lipinski definition) is 1. The van der Waals surface area contributed by atoms with E-state index in [0.717, 1.165) is 11.4 Å². The van der Waals surface area contributed by atoms with Crippen molar-refractivity contribution in [2.45, 2.75) is 20.8 Å². The van der Waals surface area contributed by atoms with Crippen LogP contribution in [0, 0.1) is 20.8 Å². The number of nitrogens with zero attached hydrogens (tertiary/aromatic N) is 1. The van der Waals surface area contributed by atoms with E-state index in [1.165, 1.54) is 5.56 Å². The smallest absolute Gasteiger partial charge is 0.0404 e. The predicted molar refractivity (Wildman–Crippen MR) is 48.8 cm³/mol. The van der Waals surface area contributed by atoms with Crippen LogP contribution in [0.2, 0.25) is 0 Å². The van der Waals surface area contributed by atoms with Crippen molar-refractivity contribution in [3.8, 4) is 0 Å². The fraction of sp³-hybridized carbons (Fsp3) is 0.375. The number of rotatable bonds is 0. The van der Waals surface area contributed by atoms with E-state index >= 15 is 0 Å². The highest BCUT2D eigenvalue weighted by atomic mass is 79.9. The van der Waals surface area contributed by atoms with Gasteiger partial charge in [-0.25, -0.2) is 0 Å². The predicted octanol–water partition coefficient (Wildman–Crippen LogP) is 2.58. The van der Waals surface area contributed by atoms with Crippen LogP contribution in [0.3, 0.4) is 0 Å². The maximum absolute atomic E-state index is 4.27. The van der Waals surface area contributed by atoms with Crippen molar-refractivity contribution >= 4 is 17.0 Å². The Labute approximate surface area is 72.3 Å². The second-order valence-corrected chi connectivity index (χ2v) is 2.35. The van der Waals surface area contributed by atoms with E-state index in [-0.39, 0.29) is 17.0 Å². The Morgan fingerprint density at radius 2 is 1.70 bits per heavy atom. The van der Waals surface area contributed by atoms with E-state index in [4.69, 9.17) is 0 Å². The van der Waals surface area contributed by atoms with Gasteiger partial charge < -0.3 is 0 Å². The molecule has 0 amide bonds. The summed E-state index contributed by atoms with van der Waals surface area (Å²) in [5.74, 6) is 0. The average Bonchev–Trinajstić information content (AvgIpc) is 1.80. The molecule has 1 aromatic rings. The summed E-state index contributed by atoms with van der Waals surface area (Å²) in [6.45, 7) is 6.11. The van der Waals surface area contributed by atoms with Gasteiger partial charge in [-0.1, -0.05) is 6.07 Å². The van der Waals surface area contributed by atoms with Gasteiger partial charge >= 0.3 is 0 Å². The van der Waals surface area contributed by atoms with Crippen molar-refractivity contribution in [3.63, 3.8) is 0 Å². The van der Waals surface area contributed by atoms with Crippen molar-refractivity contribution in [1.29, 1.82) is 0 Å². The number of aromatic nitrogens is 1. The van der Waals surface area contributed by atoms with Gasteiger partial charge in [0.25, 0.3) is 0 Å². The summed E-state index contributed by atoms with van der Waals surface area (Å²) in [5, 5.41) is 0. The lowest BCUT2D eigenvalue weighted by Gasteiger charge is -1.97. The Morgan fingerprint density at radius 1 is 1.10 bits per heavy atom. The largest absolute Gasteiger partial charge is 0.258 e. The molecule has 0 saturated heterocycles. The van der Waals surface area contributed by atoms with Crippen molar-refractivity contribution in [1.82, 2.24) is 4.98 Å². The third-order valence-electron chi connectivity index (χ3n) is 1.49. The third-order valence-corrected chi connectivity index (χ3v) is 1.49. The molecule has 0 spiro atoms. The van der Waals surface area contributed by atoms with E-state index in [9.17, 15) is 0 Å². The van der Waals surface area contributed by atoms with Gasteiger partial charge in [-0.3, -0.25) is 4.98 Å². The molecule has 0 atom stereocenters. The molecule has 0 bridgehead atoms. The second kappa shape index (κ2) is 3.71. The number of pyridine rings is 1. The Balaban J connectivity index is 0.000000810. The number of hydrogen-bond donors (Lipinski definition) is 0. The summed E-state index contributed by atoms with van der Waals surface area (Å²) in [7, 11) is 0. The van der Waals surface area contributed by atoms with E-state index in [1.807, 2.05) is 19.9 Å². The first-order valence-electron chi connectivity index (χ1n) is 3.11. The molecule has 0 fully saturated rings. The zero-order valence-corrected chi connectivity index (χ0v) is 8.22. The Hall–Kier alpha value is -0.370. The Kier molecular flexibility index (Phi) is 3.58. The molecule has 10 heavy (non-hydrogen) atoms. The van der Waals surface area contributed by atoms with Crippen LogP contribution in [-0.4, -0.2) is 4.98 Å². The second-order valence-electron chi connectivity index (χ2n) is 2.35. The maximum Gasteiger partial charge on any atom is 0.0404 e. The first-order valence-corrected chi connectivity index (χ1v) is 3.11. The van der Waals surface area contributed by atoms with Crippen LogP contribution in [0.5, 0.6) is 0 Å². The fourth-order valence-corrected chi connectivity index (χ4v) is 0.756. The van der Waals surface area contributed by atoms with Crippen LogP contribution in [0.15, 0.2) is 12.1 Å². The molecule has 0 N–H and O–H groups in total. The average molecular weight is 202 g/mol. The van der Waals surface area contributed by atoms with Gasteiger partial charge in [0, 0.05) is 11.4 Å². The SMILES string of the molecule is Br.Cc1ccc(C)c(C)n1. The van der Waals surface area contributed by atoms with Crippen LogP contribution in [0.25, 0.3) is 0 Å². The molecule has 1 rings (SSSR count). The lowest BCUT2D eigenvalue weighted by molar-refractivity contribution is 1.09. The van der Waals surface area contributed by atoms with Gasteiger partial charge in [0.1, 0.15) is 0 Å². The Bertz CT molecular complexity index is 220. The molecular weight excluding hydrogens is 190 g/mol. The minimum atomic E-state index is 0. The van der Waals surface area contributed by atoms with Gasteiger partial charge in [-0.2, -0.15) is 0 Å². The first-order chi connectivity index (χ1) is 4.20. The summed E-state index contributed by atoms with van der Waals surface area (Å²) in [4.78, 5) is 4.27. The molecule has 0 aliphatic heterocycles. The van der Waals surface area contributed by atoms with Crippen molar-refractivity contribution < 1.29 is 0 Å². The van der Waals surface area contributed by atoms with Gasteiger partial charge in [-0.05, 0) is 32.4 Å². The molecule has 2 heteroatoms. The maximum atomic E-state index is 4.27. The highest BCUT2D eigenvalue weighted by molar-refractivity contribution is 8.93. The van der Waals surface area contributed by atoms with Gasteiger partial charge in [-0.15, -0.1) is 17.0 Å². The quantitative estimate of drug-likeness (QED) is 0.630. The standard InChI is InChI=1S/C8H11N.BrH/c1-6-4-5-7(2)9-8(6)3;/h4-5H,1-3H3;1H. The van der Waals surface area contributed by atoms with Crippen LogP contribution < -0.4 is 0 Å². The first kappa shape index (κ1) is 9.63. The van der Waals surface area contributed by atoms with Gasteiger partial charge in [0.15, 0.2) is 0 Å². The summed E-state index contributed by atoms with van der Waals surface area (Å²) in [5.41, 5.74) is 3.49. The van der Waals surface area contributed by atoms with Crippen LogP contribution in [-0.2, 0) is 0 Å². The molecule has 0 radical (unpaired) electrons. The molecule has 1 nitrogen and oxygen atoms in total. The molecule has 1 aromatic heterocycles. The van der Waals surface area contributed by atoms with Crippen LogP contribution >= 0.6 is 17.0 Å². The van der Waals surface area contributed by atoms with E-state index in [0.29, 0.717) is 0 Å². The lowest BCUT2D eigenvalue weighted by Crippen LogP contribution is -1.87. The van der Waals surface area contributed by atoms with Crippen molar-refractivity contribution in [3.05, 3.63) is 29.1 Å². The van der Waals surface area contributed by atoms with Gasteiger partial charge in [0.05, 0.1) is 0 Å². The highest BCUT2D eigenvalue weighted by Crippen LogP contribution is 2.02. The normalized spacial score (nSPS) is 8.70. The molecule has 56 valence electrons. The number of aryl methyl sites for hydroxylation is 3. The molecule has 0 aromatic carbocycles. The fourth-order valence-electron chi connectivity index (χ4n) is 0.756. The topological polar surface area (TPSA) is 12.9 Å². The van der Waals surface area contributed by atoms with Crippen LogP contribution in [0.1, 0.15) is 17.0 Å². The van der Waals surface area contributed by atoms with E-state index < -0.39 is 0 Å². The zero-order chi connectivity index (χ0) is 6.85. The number of halogens is 1. The summed E-state index contributed by atoms with van der Waals surface area (Å²) in [6, 6.07) is 4.12. The minimum Gasteiger partial charge on any atom is -0.258 e. The molecule has 1 heterocycles. The monoisotopic (exact) mass is 201 g/mol. The van der Waals surface area contributed by atoms with Crippen LogP contribution in [0.4, 0.5) is 0 Å². The molecule has 0 saturated carbocycles. The lowest BCUT2D eigenvalue weighted by atomic mass is 10.2. The molecule has 0 aliphatic rings. The summed E-state index contributed by atoms with van der Waals surface area (Å²) >= 11 is 0. The molecule has 0 aliphatic carbocycles. The molecular formula is C8H12BrN. The Morgan fingerprint density at radius 3 is 2.10 bits per heavy atom. The van der Waals surface area contributed by atoms with E-state index in [2.05, 4.69) is 18.0 Å². The van der Waals surface area contributed by atoms with Gasteiger partial charge in [0.2, 0.25) is 0 Å². The summed E-state index contributed by atoms with van der Waals surface area (Å²) in [6.07, 6.45) is 0. The van der Waals surface area contributed by atoms with Crippen molar-refractivity contribution in [2.75, 3.05) is 0 Å². The van der Waals surface area contributed by atoms with E-state index in [1.54, 1.807) is 0 Å². The highest BCUT2D eigenvalue weighted by Gasteiger charge is 1.90. The minimum absolute atomic E-state index is 0. The summed E-state index contributed by atoms with van der Waals surface area (Å²) < 4.78 is 0.